The van der Waals surface area contributed by atoms with Crippen LogP contribution >= 0.6 is 15.9 Å². The van der Waals surface area contributed by atoms with Crippen molar-refractivity contribution in [1.29, 1.82) is 0 Å². The van der Waals surface area contributed by atoms with Crippen molar-refractivity contribution in [3.8, 4) is 5.75 Å². The van der Waals surface area contributed by atoms with Gasteiger partial charge >= 0.3 is 12.3 Å². The first-order chi connectivity index (χ1) is 21.2. The Bertz CT molecular complexity index is 1430. The first-order valence-corrected chi connectivity index (χ1v) is 16.0. The van der Waals surface area contributed by atoms with E-state index in [9.17, 15) is 32.7 Å². The molecule has 244 valence electrons. The molecule has 1 saturated carbocycles. The van der Waals surface area contributed by atoms with Crippen LogP contribution in [0.4, 0.5) is 23.7 Å². The lowest BCUT2D eigenvalue weighted by Gasteiger charge is -2.38. The Kier molecular flexibility index (Phi) is 9.57. The Hall–Kier alpha value is -3.48. The van der Waals surface area contributed by atoms with Crippen molar-refractivity contribution >= 4 is 39.5 Å². The molecular formula is C32H38BrF3N4O5. The Morgan fingerprint density at radius 2 is 1.67 bits per heavy atom. The second-order valence-electron chi connectivity index (χ2n) is 12.5. The average Bonchev–Trinajstić information content (AvgIpc) is 3.85. The van der Waals surface area contributed by atoms with E-state index >= 15 is 0 Å². The molecule has 45 heavy (non-hydrogen) atoms. The number of alkyl halides is 3. The molecule has 0 aromatic heterocycles. The Labute approximate surface area is 269 Å². The third-order valence-electron chi connectivity index (χ3n) is 8.67. The number of carbonyl (C=O) groups excluding carboxylic acids is 2. The maximum atomic E-state index is 13.8. The fourth-order valence-corrected chi connectivity index (χ4v) is 6.48. The van der Waals surface area contributed by atoms with Crippen LogP contribution in [0.3, 0.4) is 0 Å². The molecule has 3 aliphatic rings. The fourth-order valence-electron chi connectivity index (χ4n) is 6.12. The normalized spacial score (nSPS) is 19.3. The fraction of sp³-hybridized carbons (Fsp3) is 0.531. The van der Waals surface area contributed by atoms with Gasteiger partial charge in [0.2, 0.25) is 5.91 Å². The molecule has 2 aromatic carbocycles. The van der Waals surface area contributed by atoms with E-state index < -0.39 is 23.4 Å². The molecular weight excluding hydrogens is 657 g/mol. The van der Waals surface area contributed by atoms with Gasteiger partial charge in [0.1, 0.15) is 5.75 Å². The SMILES string of the molecule is CC(C)(Oc1cccc(N2CCC[C@@H](C(=O)N(Cc3ccc(Br)cc3C(F)(F)F)C3CC3)C2)c1)C(=O)N1CCN(C(=O)O)CC1. The number of halogens is 4. The van der Waals surface area contributed by atoms with Crippen molar-refractivity contribution in [1.82, 2.24) is 14.7 Å². The number of piperidine rings is 1. The van der Waals surface area contributed by atoms with Crippen LogP contribution in [0.25, 0.3) is 0 Å². The largest absolute Gasteiger partial charge is 0.478 e. The van der Waals surface area contributed by atoms with E-state index in [-0.39, 0.29) is 49.0 Å². The number of benzene rings is 2. The minimum Gasteiger partial charge on any atom is -0.478 e. The van der Waals surface area contributed by atoms with Gasteiger partial charge in [0.05, 0.1) is 11.5 Å². The van der Waals surface area contributed by atoms with Crippen molar-refractivity contribution in [2.24, 2.45) is 5.92 Å². The number of hydrogen-bond acceptors (Lipinski definition) is 5. The van der Waals surface area contributed by atoms with E-state index in [0.717, 1.165) is 31.0 Å². The molecule has 3 fully saturated rings. The lowest BCUT2D eigenvalue weighted by molar-refractivity contribution is -0.147. The average molecular weight is 696 g/mol. The third-order valence-corrected chi connectivity index (χ3v) is 9.16. The highest BCUT2D eigenvalue weighted by molar-refractivity contribution is 9.10. The molecule has 3 amide bonds. The van der Waals surface area contributed by atoms with Gasteiger partial charge in [-0.3, -0.25) is 9.59 Å². The van der Waals surface area contributed by atoms with E-state index in [0.29, 0.717) is 42.8 Å². The summed E-state index contributed by atoms with van der Waals surface area (Å²) in [7, 11) is 0. The number of rotatable bonds is 8. The van der Waals surface area contributed by atoms with Crippen molar-refractivity contribution in [3.05, 3.63) is 58.1 Å². The second kappa shape index (κ2) is 13.1. The standard InChI is InChI=1S/C32H38BrF3N4O5/c1-31(2,29(42)37-13-15-38(16-14-37)30(43)44)45-26-7-3-6-25(18-26)39-12-4-5-22(19-39)28(41)40(24-10-11-24)20-21-8-9-23(33)17-27(21)32(34,35)36/h3,6-9,17-18,22,24H,4-5,10-16,19-20H2,1-2H3,(H,43,44)/t22-/m1/s1. The predicted octanol–water partition coefficient (Wildman–Crippen LogP) is 5.86. The molecule has 2 aromatic rings. The van der Waals surface area contributed by atoms with Gasteiger partial charge in [0, 0.05) is 68.1 Å². The zero-order chi connectivity index (χ0) is 32.5. The highest BCUT2D eigenvalue weighted by Gasteiger charge is 2.40. The summed E-state index contributed by atoms with van der Waals surface area (Å²) >= 11 is 3.14. The number of nitrogens with zero attached hydrogens (tertiary/aromatic N) is 4. The number of hydrogen-bond donors (Lipinski definition) is 1. The molecule has 9 nitrogen and oxygen atoms in total. The molecule has 0 unspecified atom stereocenters. The van der Waals surface area contributed by atoms with Crippen LogP contribution in [0.2, 0.25) is 0 Å². The molecule has 2 saturated heterocycles. The third kappa shape index (κ3) is 7.85. The van der Waals surface area contributed by atoms with Crippen molar-refractivity contribution in [2.75, 3.05) is 44.2 Å². The summed E-state index contributed by atoms with van der Waals surface area (Å²) in [4.78, 5) is 44.9. The van der Waals surface area contributed by atoms with E-state index in [1.54, 1.807) is 35.8 Å². The van der Waals surface area contributed by atoms with Gasteiger partial charge < -0.3 is 29.4 Å². The predicted molar refractivity (Wildman–Crippen MR) is 165 cm³/mol. The highest BCUT2D eigenvalue weighted by Crippen LogP contribution is 2.38. The molecule has 2 aliphatic heterocycles. The zero-order valence-corrected chi connectivity index (χ0v) is 26.9. The Morgan fingerprint density at radius 3 is 2.31 bits per heavy atom. The van der Waals surface area contributed by atoms with E-state index in [4.69, 9.17) is 4.74 Å². The monoisotopic (exact) mass is 694 g/mol. The van der Waals surface area contributed by atoms with Gasteiger partial charge in [0.15, 0.2) is 5.60 Å². The van der Waals surface area contributed by atoms with E-state index in [1.165, 1.54) is 11.0 Å². The van der Waals surface area contributed by atoms with Crippen molar-refractivity contribution in [2.45, 2.75) is 63.9 Å². The second-order valence-corrected chi connectivity index (χ2v) is 13.4. The summed E-state index contributed by atoms with van der Waals surface area (Å²) in [6.07, 6.45) is -2.57. The summed E-state index contributed by atoms with van der Waals surface area (Å²) in [5.74, 6) is -0.240. The topological polar surface area (TPSA) is 93.6 Å². The van der Waals surface area contributed by atoms with Gasteiger partial charge in [-0.25, -0.2) is 4.79 Å². The van der Waals surface area contributed by atoms with Gasteiger partial charge in [-0.05, 0) is 69.4 Å². The van der Waals surface area contributed by atoms with Gasteiger partial charge in [-0.15, -0.1) is 0 Å². The Balaban J connectivity index is 1.25. The first kappa shape index (κ1) is 32.9. The minimum atomic E-state index is -4.53. The minimum absolute atomic E-state index is 0.0544. The quantitative estimate of drug-likeness (QED) is 0.373. The van der Waals surface area contributed by atoms with Crippen LogP contribution in [0.5, 0.6) is 5.75 Å². The van der Waals surface area contributed by atoms with Crippen molar-refractivity contribution in [3.63, 3.8) is 0 Å². The molecule has 5 rings (SSSR count). The number of amides is 3. The van der Waals surface area contributed by atoms with Gasteiger partial charge in [0.25, 0.3) is 5.91 Å². The maximum absolute atomic E-state index is 13.8. The Morgan fingerprint density at radius 1 is 0.978 bits per heavy atom. The number of carboxylic acid groups (broad SMARTS) is 1. The summed E-state index contributed by atoms with van der Waals surface area (Å²) < 4.78 is 48.0. The van der Waals surface area contributed by atoms with E-state index in [2.05, 4.69) is 20.8 Å². The molecule has 13 heteroatoms. The van der Waals surface area contributed by atoms with Crippen LogP contribution in [0.1, 0.15) is 50.7 Å². The van der Waals surface area contributed by atoms with Crippen molar-refractivity contribution < 1.29 is 37.4 Å². The number of carbonyl (C=O) groups is 3. The van der Waals surface area contributed by atoms with Crippen LogP contribution in [-0.4, -0.2) is 88.6 Å². The first-order valence-electron chi connectivity index (χ1n) is 15.2. The number of ether oxygens (including phenoxy) is 1. The molecule has 0 bridgehead atoms. The lowest BCUT2D eigenvalue weighted by atomic mass is 9.95. The summed E-state index contributed by atoms with van der Waals surface area (Å²) in [5.41, 5.74) is -1.02. The number of piperazine rings is 1. The van der Waals surface area contributed by atoms with Crippen LogP contribution in [-0.2, 0) is 22.3 Å². The molecule has 0 radical (unpaired) electrons. The summed E-state index contributed by atoms with van der Waals surface area (Å²) in [6, 6.07) is 11.4. The van der Waals surface area contributed by atoms with Gasteiger partial charge in [-0.2, -0.15) is 13.2 Å². The molecule has 1 atom stereocenters. The highest BCUT2D eigenvalue weighted by atomic mass is 79.9. The summed E-state index contributed by atoms with van der Waals surface area (Å²) in [6.45, 7) is 5.48. The van der Waals surface area contributed by atoms with E-state index in [1.807, 2.05) is 18.2 Å². The number of anilines is 1. The van der Waals surface area contributed by atoms with Gasteiger partial charge in [-0.1, -0.05) is 28.1 Å². The maximum Gasteiger partial charge on any atom is 0.416 e. The molecule has 1 N–H and O–H groups in total. The zero-order valence-electron chi connectivity index (χ0n) is 25.4. The molecule has 2 heterocycles. The van der Waals surface area contributed by atoms with Crippen LogP contribution < -0.4 is 9.64 Å². The summed E-state index contributed by atoms with van der Waals surface area (Å²) in [5, 5.41) is 9.19. The smallest absolute Gasteiger partial charge is 0.416 e. The molecule has 0 spiro atoms. The van der Waals surface area contributed by atoms with Crippen LogP contribution in [0, 0.1) is 5.92 Å². The lowest BCUT2D eigenvalue weighted by Crippen LogP contribution is -2.56. The van der Waals surface area contributed by atoms with Crippen LogP contribution in [0.15, 0.2) is 46.9 Å². The molecule has 1 aliphatic carbocycles.